The van der Waals surface area contributed by atoms with Gasteiger partial charge in [0, 0.05) is 0 Å². The van der Waals surface area contributed by atoms with E-state index in [1.165, 1.54) is 109 Å². The van der Waals surface area contributed by atoms with E-state index in [9.17, 15) is 50.0 Å². The summed E-state index contributed by atoms with van der Waals surface area (Å²) in [5.41, 5.74) is 0. The third-order valence-electron chi connectivity index (χ3n) is 10.8. The number of allylic oxidation sites excluding steroid dienone is 3. The van der Waals surface area contributed by atoms with Crippen LogP contribution in [0.3, 0.4) is 0 Å². The molecule has 0 spiro atoms. The molecular formula is C43H82NO12P. The van der Waals surface area contributed by atoms with Crippen molar-refractivity contribution in [3.05, 3.63) is 24.3 Å². The van der Waals surface area contributed by atoms with Gasteiger partial charge in [-0.1, -0.05) is 167 Å². The number of aliphatic hydroxyl groups excluding tert-OH is 7. The largest absolute Gasteiger partial charge is 0.472 e. The summed E-state index contributed by atoms with van der Waals surface area (Å²) in [6, 6.07) is -1.25. The predicted octanol–water partition coefficient (Wildman–Crippen LogP) is 6.81. The zero-order valence-corrected chi connectivity index (χ0v) is 36.1. The molecule has 0 heterocycles. The lowest BCUT2D eigenvalue weighted by Crippen LogP contribution is -2.64. The van der Waals surface area contributed by atoms with Gasteiger partial charge in [0.15, 0.2) is 0 Å². The van der Waals surface area contributed by atoms with Crippen molar-refractivity contribution in [3.63, 3.8) is 0 Å². The molecule has 14 heteroatoms. The fourth-order valence-electron chi connectivity index (χ4n) is 7.08. The quantitative estimate of drug-likeness (QED) is 0.0180. The van der Waals surface area contributed by atoms with Gasteiger partial charge in [0.05, 0.1) is 31.3 Å². The molecule has 336 valence electrons. The zero-order valence-electron chi connectivity index (χ0n) is 35.3. The van der Waals surface area contributed by atoms with Crippen molar-refractivity contribution in [2.24, 2.45) is 0 Å². The molecule has 1 fully saturated rings. The molecule has 0 aromatic carbocycles. The third kappa shape index (κ3) is 25.9. The van der Waals surface area contributed by atoms with Crippen LogP contribution in [0.1, 0.15) is 181 Å². The van der Waals surface area contributed by atoms with E-state index >= 15 is 0 Å². The lowest BCUT2D eigenvalue weighted by Gasteiger charge is -2.41. The van der Waals surface area contributed by atoms with Crippen LogP contribution in [-0.2, 0) is 18.4 Å². The Hall–Kier alpha value is -1.22. The van der Waals surface area contributed by atoms with Crippen LogP contribution in [0.5, 0.6) is 0 Å². The number of carbonyl (C=O) groups excluding carboxylic acids is 1. The Labute approximate surface area is 344 Å². The molecule has 1 amide bonds. The van der Waals surface area contributed by atoms with Gasteiger partial charge >= 0.3 is 7.82 Å². The molecule has 0 aromatic heterocycles. The number of rotatable bonds is 36. The molecule has 1 aliphatic rings. The molecule has 9 N–H and O–H groups in total. The second kappa shape index (κ2) is 33.5. The standard InChI is InChI=1S/C43H82NO12P/c1-3-5-7-9-11-13-15-17-19-20-22-24-26-28-30-34(45)32-37(47)44-35(36(46)31-29-27-25-23-21-18-16-14-12-10-8-6-4-2)33-55-57(53,54)56-43-41(51)39(49)38(48)40(50)42(43)52/h21,23,29,31,34-36,38-43,45-46,48-52H,3-20,22,24-28,30,32-33H2,1-2H3,(H,44,47)(H,53,54)/b23-21+,31-29+. The van der Waals surface area contributed by atoms with Crippen LogP contribution < -0.4 is 5.32 Å². The minimum atomic E-state index is -5.14. The molecule has 1 rings (SSSR count). The smallest absolute Gasteiger partial charge is 0.393 e. The third-order valence-corrected chi connectivity index (χ3v) is 11.8. The van der Waals surface area contributed by atoms with Gasteiger partial charge in [-0.3, -0.25) is 13.8 Å². The maximum Gasteiger partial charge on any atom is 0.472 e. The second-order valence-electron chi connectivity index (χ2n) is 16.1. The molecule has 1 aliphatic carbocycles. The molecule has 57 heavy (non-hydrogen) atoms. The predicted molar refractivity (Wildman–Crippen MR) is 224 cm³/mol. The Morgan fingerprint density at radius 2 is 1.04 bits per heavy atom. The van der Waals surface area contributed by atoms with Gasteiger partial charge in [-0.15, -0.1) is 0 Å². The van der Waals surface area contributed by atoms with Crippen molar-refractivity contribution in [2.75, 3.05) is 6.61 Å². The Kier molecular flexibility index (Phi) is 31.6. The maximum atomic E-state index is 13.0. The molecular weight excluding hydrogens is 753 g/mol. The summed E-state index contributed by atoms with van der Waals surface area (Å²) in [7, 11) is -5.14. The van der Waals surface area contributed by atoms with Crippen LogP contribution in [0.25, 0.3) is 0 Å². The first-order chi connectivity index (χ1) is 27.3. The molecule has 0 aliphatic heterocycles. The minimum Gasteiger partial charge on any atom is -0.393 e. The first-order valence-electron chi connectivity index (χ1n) is 22.4. The SMILES string of the molecule is CCCCCCCCC/C=C/CC/C=C/C(O)C(COP(=O)(O)OC1C(O)C(O)C(O)C(O)C1O)NC(=O)CC(O)CCCCCCCCCCCCCCCC. The van der Waals surface area contributed by atoms with Gasteiger partial charge in [0.1, 0.15) is 36.6 Å². The van der Waals surface area contributed by atoms with Gasteiger partial charge in [0.25, 0.3) is 0 Å². The molecule has 0 radical (unpaired) electrons. The highest BCUT2D eigenvalue weighted by Crippen LogP contribution is 2.47. The molecule has 8 unspecified atom stereocenters. The van der Waals surface area contributed by atoms with E-state index in [1.54, 1.807) is 6.08 Å². The summed E-state index contributed by atoms with van der Waals surface area (Å²) in [5, 5.41) is 74.3. The van der Waals surface area contributed by atoms with Crippen molar-refractivity contribution in [1.82, 2.24) is 5.32 Å². The van der Waals surface area contributed by atoms with E-state index in [0.717, 1.165) is 44.9 Å². The van der Waals surface area contributed by atoms with Crippen LogP contribution in [-0.4, -0.2) is 108 Å². The van der Waals surface area contributed by atoms with Crippen LogP contribution in [0, 0.1) is 0 Å². The Morgan fingerprint density at radius 3 is 1.54 bits per heavy atom. The van der Waals surface area contributed by atoms with Crippen molar-refractivity contribution in [2.45, 2.75) is 236 Å². The summed E-state index contributed by atoms with van der Waals surface area (Å²) in [6.07, 6.45) is 21.3. The van der Waals surface area contributed by atoms with E-state index in [1.807, 2.05) is 0 Å². The number of unbranched alkanes of at least 4 members (excludes halogenated alkanes) is 21. The highest BCUT2D eigenvalue weighted by Gasteiger charge is 2.51. The van der Waals surface area contributed by atoms with Gasteiger partial charge < -0.3 is 46.0 Å². The Bertz CT molecular complexity index is 1080. The summed E-state index contributed by atoms with van der Waals surface area (Å²) < 4.78 is 22.8. The second-order valence-corrected chi connectivity index (χ2v) is 17.5. The van der Waals surface area contributed by atoms with E-state index < -0.39 is 75.2 Å². The average molecular weight is 836 g/mol. The molecule has 0 bridgehead atoms. The minimum absolute atomic E-state index is 0.249. The number of nitrogens with one attached hydrogen (secondary N) is 1. The normalized spacial score (nSPS) is 24.2. The van der Waals surface area contributed by atoms with Gasteiger partial charge in [-0.05, 0) is 32.1 Å². The van der Waals surface area contributed by atoms with Crippen molar-refractivity contribution >= 4 is 13.7 Å². The highest BCUT2D eigenvalue weighted by molar-refractivity contribution is 7.47. The summed E-state index contributed by atoms with van der Waals surface area (Å²) in [6.45, 7) is 3.70. The topological polar surface area (TPSA) is 226 Å². The first kappa shape index (κ1) is 53.8. The number of aliphatic hydroxyl groups is 7. The lowest BCUT2D eigenvalue weighted by molar-refractivity contribution is -0.220. The number of amides is 1. The number of hydrogen-bond acceptors (Lipinski definition) is 11. The van der Waals surface area contributed by atoms with Crippen molar-refractivity contribution < 1.29 is 59.0 Å². The number of carbonyl (C=O) groups is 1. The summed E-state index contributed by atoms with van der Waals surface area (Å²) >= 11 is 0. The monoisotopic (exact) mass is 836 g/mol. The van der Waals surface area contributed by atoms with Crippen molar-refractivity contribution in [3.8, 4) is 0 Å². The number of phosphoric acid groups is 1. The fourth-order valence-corrected chi connectivity index (χ4v) is 8.05. The Balaban J connectivity index is 2.59. The van der Waals surface area contributed by atoms with E-state index in [-0.39, 0.29) is 6.42 Å². The molecule has 8 atom stereocenters. The van der Waals surface area contributed by atoms with Gasteiger partial charge in [0.2, 0.25) is 5.91 Å². The van der Waals surface area contributed by atoms with Crippen molar-refractivity contribution in [1.29, 1.82) is 0 Å². The van der Waals surface area contributed by atoms with Crippen LogP contribution in [0.2, 0.25) is 0 Å². The van der Waals surface area contributed by atoms with Gasteiger partial charge in [-0.25, -0.2) is 4.57 Å². The summed E-state index contributed by atoms with van der Waals surface area (Å²) in [5.74, 6) is -0.603. The zero-order chi connectivity index (χ0) is 42.3. The van der Waals surface area contributed by atoms with E-state index in [0.29, 0.717) is 12.8 Å². The average Bonchev–Trinajstić information content (AvgIpc) is 3.18. The molecule has 13 nitrogen and oxygen atoms in total. The van der Waals surface area contributed by atoms with E-state index in [2.05, 4.69) is 31.3 Å². The fraction of sp³-hybridized carbons (Fsp3) is 0.884. The molecule has 1 saturated carbocycles. The van der Waals surface area contributed by atoms with E-state index in [4.69, 9.17) is 9.05 Å². The Morgan fingerprint density at radius 1 is 0.614 bits per heavy atom. The number of hydrogen-bond donors (Lipinski definition) is 9. The van der Waals surface area contributed by atoms with Crippen LogP contribution in [0.15, 0.2) is 24.3 Å². The van der Waals surface area contributed by atoms with Crippen LogP contribution in [0.4, 0.5) is 0 Å². The first-order valence-corrected chi connectivity index (χ1v) is 23.9. The van der Waals surface area contributed by atoms with Gasteiger partial charge in [-0.2, -0.15) is 0 Å². The molecule has 0 aromatic rings. The highest BCUT2D eigenvalue weighted by atomic mass is 31.2. The number of phosphoric ester groups is 1. The summed E-state index contributed by atoms with van der Waals surface area (Å²) in [4.78, 5) is 23.4. The maximum absolute atomic E-state index is 13.0. The van der Waals surface area contributed by atoms with Crippen LogP contribution >= 0.6 is 7.82 Å². The molecule has 0 saturated heterocycles. The lowest BCUT2D eigenvalue weighted by atomic mass is 9.85.